The van der Waals surface area contributed by atoms with Crippen LogP contribution in [0, 0.1) is 20.2 Å². The predicted molar refractivity (Wildman–Crippen MR) is 92.0 cm³/mol. The smallest absolute Gasteiger partial charge is 0.271 e. The van der Waals surface area contributed by atoms with Gasteiger partial charge < -0.3 is 0 Å². The third-order valence-electron chi connectivity index (χ3n) is 3.05. The van der Waals surface area contributed by atoms with Crippen LogP contribution in [0.5, 0.6) is 0 Å². The molecule has 0 aliphatic rings. The Hall–Kier alpha value is -2.71. The van der Waals surface area contributed by atoms with Crippen LogP contribution in [0.1, 0.15) is 12.5 Å². The first-order chi connectivity index (χ1) is 11.3. The molecule has 0 bridgehead atoms. The molecular formula is C14H10Cl2N4O4. The molecule has 2 aromatic rings. The number of rotatable bonds is 5. The van der Waals surface area contributed by atoms with Gasteiger partial charge in [0.25, 0.3) is 5.69 Å². The molecule has 1 N–H and O–H groups in total. The fourth-order valence-corrected chi connectivity index (χ4v) is 2.28. The minimum atomic E-state index is -0.730. The molecule has 24 heavy (non-hydrogen) atoms. The zero-order chi connectivity index (χ0) is 17.9. The largest absolute Gasteiger partial charge is 0.301 e. The number of benzene rings is 2. The normalized spacial score (nSPS) is 11.2. The van der Waals surface area contributed by atoms with E-state index in [-0.39, 0.29) is 11.4 Å². The van der Waals surface area contributed by atoms with Crippen LogP contribution in [0.15, 0.2) is 41.5 Å². The van der Waals surface area contributed by atoms with Crippen LogP contribution in [0.3, 0.4) is 0 Å². The van der Waals surface area contributed by atoms with Gasteiger partial charge in [-0.05, 0) is 31.2 Å². The number of nitrogens with zero attached hydrogens (tertiary/aromatic N) is 3. The van der Waals surface area contributed by atoms with Crippen molar-refractivity contribution in [3.8, 4) is 0 Å². The number of hydrogen-bond donors (Lipinski definition) is 1. The first kappa shape index (κ1) is 17.6. The van der Waals surface area contributed by atoms with Crippen molar-refractivity contribution in [1.29, 1.82) is 0 Å². The molecule has 0 radical (unpaired) electrons. The summed E-state index contributed by atoms with van der Waals surface area (Å²) in [5.74, 6) is 0. The van der Waals surface area contributed by atoms with Crippen LogP contribution < -0.4 is 5.43 Å². The van der Waals surface area contributed by atoms with Crippen LogP contribution in [-0.2, 0) is 0 Å². The summed E-state index contributed by atoms with van der Waals surface area (Å²) >= 11 is 12.0. The Morgan fingerprint density at radius 3 is 2.42 bits per heavy atom. The Morgan fingerprint density at radius 2 is 1.79 bits per heavy atom. The second kappa shape index (κ2) is 7.24. The Morgan fingerprint density at radius 1 is 1.08 bits per heavy atom. The van der Waals surface area contributed by atoms with Gasteiger partial charge in [-0.15, -0.1) is 0 Å². The van der Waals surface area contributed by atoms with E-state index < -0.39 is 15.5 Å². The maximum absolute atomic E-state index is 11.1. The summed E-state index contributed by atoms with van der Waals surface area (Å²) in [5.41, 5.74) is 2.70. The molecule has 0 atom stereocenters. The van der Waals surface area contributed by atoms with Crippen molar-refractivity contribution < 1.29 is 9.85 Å². The molecule has 0 aliphatic heterocycles. The Bertz CT molecular complexity index is 855. The van der Waals surface area contributed by atoms with Crippen molar-refractivity contribution in [2.45, 2.75) is 6.92 Å². The molecule has 0 amide bonds. The second-order valence-electron chi connectivity index (χ2n) is 4.65. The molecule has 0 unspecified atom stereocenters. The van der Waals surface area contributed by atoms with Crippen LogP contribution in [0.4, 0.5) is 17.1 Å². The van der Waals surface area contributed by atoms with Crippen LogP contribution in [0.2, 0.25) is 10.0 Å². The van der Waals surface area contributed by atoms with Crippen LogP contribution in [-0.4, -0.2) is 15.6 Å². The topological polar surface area (TPSA) is 111 Å². The van der Waals surface area contributed by atoms with Gasteiger partial charge in [0, 0.05) is 21.7 Å². The zero-order valence-electron chi connectivity index (χ0n) is 12.2. The Labute approximate surface area is 146 Å². The number of nitro groups is 2. The second-order valence-corrected chi connectivity index (χ2v) is 5.49. The van der Waals surface area contributed by atoms with Gasteiger partial charge in [0.2, 0.25) is 0 Å². The zero-order valence-corrected chi connectivity index (χ0v) is 13.7. The lowest BCUT2D eigenvalue weighted by molar-refractivity contribution is -0.393. The van der Waals surface area contributed by atoms with Crippen molar-refractivity contribution >= 4 is 46.0 Å². The highest BCUT2D eigenvalue weighted by atomic mass is 35.5. The molecule has 0 aromatic heterocycles. The van der Waals surface area contributed by atoms with E-state index >= 15 is 0 Å². The monoisotopic (exact) mass is 368 g/mol. The summed E-state index contributed by atoms with van der Waals surface area (Å²) in [6.07, 6.45) is 0. The molecule has 2 rings (SSSR count). The number of nitrogens with one attached hydrogen (secondary N) is 1. The molecule has 8 nitrogen and oxygen atoms in total. The SMILES string of the molecule is CC(=NNc1ccc([N+](=O)[O-])cc1[N+](=O)[O-])c1cc(Cl)ccc1Cl. The molecule has 0 heterocycles. The number of hydrazone groups is 1. The molecule has 2 aromatic carbocycles. The van der Waals surface area contributed by atoms with E-state index in [1.165, 1.54) is 6.07 Å². The quantitative estimate of drug-likeness (QED) is 0.469. The van der Waals surface area contributed by atoms with E-state index in [1.54, 1.807) is 25.1 Å². The molecule has 0 spiro atoms. The highest BCUT2D eigenvalue weighted by Gasteiger charge is 2.19. The third-order valence-corrected chi connectivity index (χ3v) is 3.62. The molecule has 0 saturated carbocycles. The summed E-state index contributed by atoms with van der Waals surface area (Å²) < 4.78 is 0. The van der Waals surface area contributed by atoms with Crippen molar-refractivity contribution in [2.24, 2.45) is 5.10 Å². The van der Waals surface area contributed by atoms with E-state index in [2.05, 4.69) is 10.5 Å². The van der Waals surface area contributed by atoms with Gasteiger partial charge in [0.05, 0.1) is 21.6 Å². The number of anilines is 1. The maximum atomic E-state index is 11.1. The van der Waals surface area contributed by atoms with Gasteiger partial charge >= 0.3 is 5.69 Å². The summed E-state index contributed by atoms with van der Waals surface area (Å²) in [7, 11) is 0. The number of nitro benzene ring substituents is 2. The summed E-state index contributed by atoms with van der Waals surface area (Å²) in [6.45, 7) is 1.64. The van der Waals surface area contributed by atoms with Crippen molar-refractivity contribution in [2.75, 3.05) is 5.43 Å². The Kier molecular flexibility index (Phi) is 5.32. The molecule has 124 valence electrons. The van der Waals surface area contributed by atoms with Crippen molar-refractivity contribution in [3.63, 3.8) is 0 Å². The molecule has 0 saturated heterocycles. The van der Waals surface area contributed by atoms with Gasteiger partial charge in [0.1, 0.15) is 5.69 Å². The lowest BCUT2D eigenvalue weighted by atomic mass is 10.1. The maximum Gasteiger partial charge on any atom is 0.301 e. The van der Waals surface area contributed by atoms with Crippen molar-refractivity contribution in [1.82, 2.24) is 0 Å². The highest BCUT2D eigenvalue weighted by molar-refractivity contribution is 6.36. The van der Waals surface area contributed by atoms with E-state index in [4.69, 9.17) is 23.2 Å². The van der Waals surface area contributed by atoms with E-state index in [1.807, 2.05) is 0 Å². The van der Waals surface area contributed by atoms with E-state index in [9.17, 15) is 20.2 Å². The number of non-ortho nitro benzene ring substituents is 1. The van der Waals surface area contributed by atoms with Gasteiger partial charge in [-0.3, -0.25) is 25.7 Å². The van der Waals surface area contributed by atoms with Gasteiger partial charge in [-0.25, -0.2) is 0 Å². The lowest BCUT2D eigenvalue weighted by Crippen LogP contribution is -2.03. The molecular weight excluding hydrogens is 359 g/mol. The third kappa shape index (κ3) is 3.98. The summed E-state index contributed by atoms with van der Waals surface area (Å²) in [5, 5.41) is 26.7. The van der Waals surface area contributed by atoms with Gasteiger partial charge in [-0.2, -0.15) is 5.10 Å². The van der Waals surface area contributed by atoms with E-state index in [0.29, 0.717) is 21.3 Å². The number of halogens is 2. The van der Waals surface area contributed by atoms with Crippen LogP contribution >= 0.6 is 23.2 Å². The molecule has 0 fully saturated rings. The lowest BCUT2D eigenvalue weighted by Gasteiger charge is -2.06. The average Bonchev–Trinajstić information content (AvgIpc) is 2.54. The van der Waals surface area contributed by atoms with E-state index in [0.717, 1.165) is 12.1 Å². The highest BCUT2D eigenvalue weighted by Crippen LogP contribution is 2.29. The minimum Gasteiger partial charge on any atom is -0.271 e. The fourth-order valence-electron chi connectivity index (χ4n) is 1.86. The van der Waals surface area contributed by atoms with Gasteiger partial charge in [-0.1, -0.05) is 23.2 Å². The van der Waals surface area contributed by atoms with Crippen molar-refractivity contribution in [3.05, 3.63) is 72.2 Å². The number of hydrogen-bond acceptors (Lipinski definition) is 6. The summed E-state index contributed by atoms with van der Waals surface area (Å²) in [6, 6.07) is 8.05. The standard InChI is InChI=1S/C14H10Cl2N4O4/c1-8(11-6-9(15)2-4-12(11)16)17-18-13-5-3-10(19(21)22)7-14(13)20(23)24/h2-7,18H,1H3. The average molecular weight is 369 g/mol. The predicted octanol–water partition coefficient (Wildman–Crippen LogP) is 4.65. The fraction of sp³-hybridized carbons (Fsp3) is 0.0714. The van der Waals surface area contributed by atoms with Gasteiger partial charge in [0.15, 0.2) is 0 Å². The summed E-state index contributed by atoms with van der Waals surface area (Å²) in [4.78, 5) is 20.3. The minimum absolute atomic E-state index is 0.0168. The molecule has 10 heteroatoms. The first-order valence-electron chi connectivity index (χ1n) is 6.48. The first-order valence-corrected chi connectivity index (χ1v) is 7.23. The van der Waals surface area contributed by atoms with Crippen LogP contribution in [0.25, 0.3) is 0 Å². The molecule has 0 aliphatic carbocycles. The Balaban J connectivity index is 2.35.